The Morgan fingerprint density at radius 2 is 2.00 bits per heavy atom. The normalized spacial score (nSPS) is 10.7. The van der Waals surface area contributed by atoms with Crippen LogP contribution in [0, 0.1) is 6.92 Å². The molecule has 0 aliphatic rings. The molecule has 1 aromatic heterocycles. The van der Waals surface area contributed by atoms with Gasteiger partial charge in [-0.05, 0) is 26.2 Å². The highest BCUT2D eigenvalue weighted by molar-refractivity contribution is 5.07. The Kier molecular flexibility index (Phi) is 3.93. The summed E-state index contributed by atoms with van der Waals surface area (Å²) in [6.07, 6.45) is 4.71. The summed E-state index contributed by atoms with van der Waals surface area (Å²) >= 11 is 0. The van der Waals surface area contributed by atoms with Crippen LogP contribution in [-0.4, -0.2) is 15.0 Å². The molecule has 0 radical (unpaired) electrons. The van der Waals surface area contributed by atoms with Crippen molar-refractivity contribution in [3.05, 3.63) is 11.4 Å². The van der Waals surface area contributed by atoms with Crippen molar-refractivity contribution in [2.24, 2.45) is 0 Å². The molecule has 0 amide bonds. The molecule has 0 N–H and O–H groups in total. The first-order chi connectivity index (χ1) is 6.29. The second kappa shape index (κ2) is 5.00. The zero-order valence-electron chi connectivity index (χ0n) is 8.88. The molecule has 0 unspecified atom stereocenters. The number of aryl methyl sites for hydroxylation is 2. The van der Waals surface area contributed by atoms with E-state index in [4.69, 9.17) is 0 Å². The van der Waals surface area contributed by atoms with Crippen LogP contribution in [0.3, 0.4) is 0 Å². The summed E-state index contributed by atoms with van der Waals surface area (Å²) < 4.78 is 2.05. The third-order valence-corrected chi connectivity index (χ3v) is 2.23. The fourth-order valence-corrected chi connectivity index (χ4v) is 1.47. The number of nitrogens with zero attached hydrogens (tertiary/aromatic N) is 3. The van der Waals surface area contributed by atoms with Crippen LogP contribution in [0.15, 0.2) is 0 Å². The summed E-state index contributed by atoms with van der Waals surface area (Å²) in [5.41, 5.74) is 2.42. The van der Waals surface area contributed by atoms with Gasteiger partial charge >= 0.3 is 0 Å². The van der Waals surface area contributed by atoms with Crippen LogP contribution in [-0.2, 0) is 13.0 Å². The first-order valence-electron chi connectivity index (χ1n) is 5.18. The zero-order chi connectivity index (χ0) is 9.68. The molecular formula is C10H19N3. The molecule has 13 heavy (non-hydrogen) atoms. The van der Waals surface area contributed by atoms with Crippen LogP contribution in [0.5, 0.6) is 0 Å². The summed E-state index contributed by atoms with van der Waals surface area (Å²) in [6, 6.07) is 0. The first-order valence-corrected chi connectivity index (χ1v) is 5.18. The van der Waals surface area contributed by atoms with Crippen molar-refractivity contribution in [2.45, 2.75) is 53.0 Å². The van der Waals surface area contributed by atoms with E-state index in [0.717, 1.165) is 25.1 Å². The standard InChI is InChI=1S/C10H19N3/c1-4-6-7-10-9(3)11-12-13(10)8-5-2/h4-8H2,1-3H3. The average molecular weight is 181 g/mol. The maximum atomic E-state index is 4.13. The number of aromatic nitrogens is 3. The number of rotatable bonds is 5. The summed E-state index contributed by atoms with van der Waals surface area (Å²) in [7, 11) is 0. The molecule has 74 valence electrons. The van der Waals surface area contributed by atoms with Crippen molar-refractivity contribution >= 4 is 0 Å². The molecule has 0 spiro atoms. The predicted molar refractivity (Wildman–Crippen MR) is 53.7 cm³/mol. The van der Waals surface area contributed by atoms with E-state index in [0.29, 0.717) is 0 Å². The van der Waals surface area contributed by atoms with Crippen LogP contribution in [0.1, 0.15) is 44.5 Å². The van der Waals surface area contributed by atoms with Gasteiger partial charge in [-0.3, -0.25) is 0 Å². The van der Waals surface area contributed by atoms with Crippen molar-refractivity contribution < 1.29 is 0 Å². The van der Waals surface area contributed by atoms with E-state index in [9.17, 15) is 0 Å². The van der Waals surface area contributed by atoms with Gasteiger partial charge in [-0.25, -0.2) is 4.68 Å². The maximum Gasteiger partial charge on any atom is 0.0828 e. The lowest BCUT2D eigenvalue weighted by atomic mass is 10.2. The maximum absolute atomic E-state index is 4.13. The van der Waals surface area contributed by atoms with Crippen LogP contribution in [0.2, 0.25) is 0 Å². The topological polar surface area (TPSA) is 30.7 Å². The van der Waals surface area contributed by atoms with Gasteiger partial charge in [0.25, 0.3) is 0 Å². The highest BCUT2D eigenvalue weighted by atomic mass is 15.4. The highest BCUT2D eigenvalue weighted by Crippen LogP contribution is 2.08. The van der Waals surface area contributed by atoms with Gasteiger partial charge in [-0.2, -0.15) is 0 Å². The molecular weight excluding hydrogens is 162 g/mol. The van der Waals surface area contributed by atoms with Crippen molar-refractivity contribution in [2.75, 3.05) is 0 Å². The molecule has 1 heterocycles. The fraction of sp³-hybridized carbons (Fsp3) is 0.800. The number of unbranched alkanes of at least 4 members (excludes halogenated alkanes) is 1. The second-order valence-electron chi connectivity index (χ2n) is 3.45. The molecule has 1 rings (SSSR count). The molecule has 0 atom stereocenters. The lowest BCUT2D eigenvalue weighted by Crippen LogP contribution is -2.05. The Hall–Kier alpha value is -0.860. The molecule has 0 aliphatic carbocycles. The van der Waals surface area contributed by atoms with E-state index in [1.807, 2.05) is 11.6 Å². The van der Waals surface area contributed by atoms with Gasteiger partial charge < -0.3 is 0 Å². The Balaban J connectivity index is 2.69. The molecule has 0 fully saturated rings. The zero-order valence-corrected chi connectivity index (χ0v) is 8.88. The minimum absolute atomic E-state index is 1.000. The van der Waals surface area contributed by atoms with Crippen LogP contribution < -0.4 is 0 Å². The third-order valence-electron chi connectivity index (χ3n) is 2.23. The number of hydrogen-bond acceptors (Lipinski definition) is 2. The van der Waals surface area contributed by atoms with E-state index in [2.05, 4.69) is 24.2 Å². The molecule has 0 aliphatic heterocycles. The fourth-order valence-electron chi connectivity index (χ4n) is 1.47. The van der Waals surface area contributed by atoms with Gasteiger partial charge in [-0.15, -0.1) is 5.10 Å². The van der Waals surface area contributed by atoms with E-state index in [1.54, 1.807) is 0 Å². The Morgan fingerprint density at radius 3 is 2.62 bits per heavy atom. The largest absolute Gasteiger partial charge is 0.249 e. The smallest absolute Gasteiger partial charge is 0.0828 e. The minimum Gasteiger partial charge on any atom is -0.249 e. The summed E-state index contributed by atoms with van der Waals surface area (Å²) in [4.78, 5) is 0. The molecule has 1 aromatic rings. The van der Waals surface area contributed by atoms with Gasteiger partial charge in [0.05, 0.1) is 11.4 Å². The Bertz CT molecular complexity index is 253. The van der Waals surface area contributed by atoms with Crippen LogP contribution >= 0.6 is 0 Å². The van der Waals surface area contributed by atoms with E-state index in [-0.39, 0.29) is 0 Å². The molecule has 3 nitrogen and oxygen atoms in total. The van der Waals surface area contributed by atoms with Crippen LogP contribution in [0.4, 0.5) is 0 Å². The van der Waals surface area contributed by atoms with Crippen molar-refractivity contribution in [3.63, 3.8) is 0 Å². The molecule has 0 saturated heterocycles. The summed E-state index contributed by atoms with van der Waals surface area (Å²) in [5, 5.41) is 8.23. The SMILES string of the molecule is CCCCc1c(C)nnn1CCC. The van der Waals surface area contributed by atoms with Crippen molar-refractivity contribution in [1.29, 1.82) is 0 Å². The number of hydrogen-bond donors (Lipinski definition) is 0. The lowest BCUT2D eigenvalue weighted by molar-refractivity contribution is 0.548. The van der Waals surface area contributed by atoms with Gasteiger partial charge in [0.1, 0.15) is 0 Å². The molecule has 0 aromatic carbocycles. The minimum atomic E-state index is 1.000. The Labute approximate surface area is 80.1 Å². The lowest BCUT2D eigenvalue weighted by Gasteiger charge is -2.04. The monoisotopic (exact) mass is 181 g/mol. The third kappa shape index (κ3) is 2.54. The van der Waals surface area contributed by atoms with E-state index >= 15 is 0 Å². The average Bonchev–Trinajstić information content (AvgIpc) is 2.45. The van der Waals surface area contributed by atoms with Crippen molar-refractivity contribution in [3.8, 4) is 0 Å². The van der Waals surface area contributed by atoms with E-state index < -0.39 is 0 Å². The second-order valence-corrected chi connectivity index (χ2v) is 3.45. The Morgan fingerprint density at radius 1 is 1.23 bits per heavy atom. The highest BCUT2D eigenvalue weighted by Gasteiger charge is 2.06. The molecule has 0 saturated carbocycles. The van der Waals surface area contributed by atoms with Gasteiger partial charge in [0, 0.05) is 6.54 Å². The molecule has 0 bridgehead atoms. The summed E-state index contributed by atoms with van der Waals surface area (Å²) in [5.74, 6) is 0. The van der Waals surface area contributed by atoms with Crippen LogP contribution in [0.25, 0.3) is 0 Å². The van der Waals surface area contributed by atoms with Gasteiger partial charge in [0.15, 0.2) is 0 Å². The predicted octanol–water partition coefficient (Wildman–Crippen LogP) is 2.34. The quantitative estimate of drug-likeness (QED) is 0.698. The molecule has 3 heteroatoms. The van der Waals surface area contributed by atoms with Crippen molar-refractivity contribution in [1.82, 2.24) is 15.0 Å². The van der Waals surface area contributed by atoms with Gasteiger partial charge in [0.2, 0.25) is 0 Å². The summed E-state index contributed by atoms with van der Waals surface area (Å²) in [6.45, 7) is 7.42. The van der Waals surface area contributed by atoms with Gasteiger partial charge in [-0.1, -0.05) is 25.5 Å². The first kappa shape index (κ1) is 10.2. The van der Waals surface area contributed by atoms with E-state index in [1.165, 1.54) is 18.5 Å².